The van der Waals surface area contributed by atoms with Crippen molar-refractivity contribution < 1.29 is 9.53 Å². The molecule has 2 nitrogen and oxygen atoms in total. The molecule has 0 aliphatic rings. The van der Waals surface area contributed by atoms with Gasteiger partial charge >= 0.3 is 5.97 Å². The fraction of sp³-hybridized carbons (Fsp3) is 0.923. The van der Waals surface area contributed by atoms with Crippen LogP contribution in [-0.2, 0) is 9.53 Å². The Kier molecular flexibility index (Phi) is 9.89. The van der Waals surface area contributed by atoms with Crippen LogP contribution in [0.1, 0.15) is 59.3 Å². The molecule has 0 heterocycles. The largest absolute Gasteiger partial charge is 0.465 e. The molecule has 2 unspecified atom stereocenters. The van der Waals surface area contributed by atoms with Gasteiger partial charge in [-0.25, -0.2) is 0 Å². The third-order valence-electron chi connectivity index (χ3n) is 2.83. The van der Waals surface area contributed by atoms with Crippen molar-refractivity contribution in [1.29, 1.82) is 0 Å². The Morgan fingerprint density at radius 3 is 2.38 bits per heavy atom. The number of carbonyl (C=O) groups is 1. The third kappa shape index (κ3) is 7.15. The van der Waals surface area contributed by atoms with Gasteiger partial charge in [0.05, 0.1) is 6.61 Å². The summed E-state index contributed by atoms with van der Waals surface area (Å²) in [5.74, 6) is 0.135. The molecule has 0 aromatic heterocycles. The van der Waals surface area contributed by atoms with Gasteiger partial charge in [-0.3, -0.25) is 4.79 Å². The quantitative estimate of drug-likeness (QED) is 0.380. The fourth-order valence-electron chi connectivity index (χ4n) is 1.69. The maximum absolute atomic E-state index is 11.4. The van der Waals surface area contributed by atoms with Crippen LogP contribution < -0.4 is 0 Å². The molecule has 0 fully saturated rings. The first-order valence-corrected chi connectivity index (χ1v) is 6.99. The molecule has 3 heteroatoms. The summed E-state index contributed by atoms with van der Waals surface area (Å²) in [6, 6.07) is 0. The molecule has 0 bridgehead atoms. The van der Waals surface area contributed by atoms with Crippen molar-refractivity contribution in [2.24, 2.45) is 5.92 Å². The molecule has 0 saturated heterocycles. The van der Waals surface area contributed by atoms with E-state index in [0.717, 1.165) is 6.42 Å². The van der Waals surface area contributed by atoms with Crippen LogP contribution >= 0.6 is 12.6 Å². The second kappa shape index (κ2) is 10.0. The van der Waals surface area contributed by atoms with Crippen LogP contribution in [0.2, 0.25) is 0 Å². The number of unbranched alkanes of at least 4 members (excludes halogenated alkanes) is 4. The van der Waals surface area contributed by atoms with Gasteiger partial charge in [-0.15, -0.1) is 0 Å². The lowest BCUT2D eigenvalue weighted by Gasteiger charge is -2.17. The minimum atomic E-state index is -0.258. The van der Waals surface area contributed by atoms with Crippen LogP contribution in [0.4, 0.5) is 0 Å². The number of carbonyl (C=O) groups excluding carboxylic acids is 1. The van der Waals surface area contributed by atoms with Gasteiger partial charge in [0.2, 0.25) is 0 Å². The predicted molar refractivity (Wildman–Crippen MR) is 71.9 cm³/mol. The molecule has 16 heavy (non-hydrogen) atoms. The molecular weight excluding hydrogens is 220 g/mol. The van der Waals surface area contributed by atoms with Crippen molar-refractivity contribution in [2.45, 2.75) is 64.5 Å². The summed E-state index contributed by atoms with van der Waals surface area (Å²) in [5.41, 5.74) is 0. The lowest BCUT2D eigenvalue weighted by Crippen LogP contribution is -2.24. The molecule has 0 amide bonds. The molecule has 0 aromatic rings. The Balaban J connectivity index is 3.62. The predicted octanol–water partition coefficient (Wildman–Crippen LogP) is 3.84. The van der Waals surface area contributed by atoms with Crippen molar-refractivity contribution in [3.8, 4) is 0 Å². The Morgan fingerprint density at radius 1 is 1.19 bits per heavy atom. The van der Waals surface area contributed by atoms with Crippen LogP contribution in [0.5, 0.6) is 0 Å². The normalized spacial score (nSPS) is 14.5. The average Bonchev–Trinajstić information content (AvgIpc) is 2.27. The van der Waals surface area contributed by atoms with Crippen LogP contribution in [0.15, 0.2) is 0 Å². The molecule has 0 aromatic carbocycles. The molecule has 0 aliphatic carbocycles. The number of esters is 1. The van der Waals surface area contributed by atoms with Crippen LogP contribution in [-0.4, -0.2) is 17.8 Å². The van der Waals surface area contributed by atoms with E-state index < -0.39 is 0 Å². The highest BCUT2D eigenvalue weighted by molar-refractivity contribution is 7.81. The zero-order valence-corrected chi connectivity index (χ0v) is 11.8. The summed E-state index contributed by atoms with van der Waals surface area (Å²) >= 11 is 4.32. The van der Waals surface area contributed by atoms with E-state index in [2.05, 4.69) is 26.5 Å². The topological polar surface area (TPSA) is 26.3 Å². The van der Waals surface area contributed by atoms with Gasteiger partial charge in [0, 0.05) is 0 Å². The first-order valence-electron chi connectivity index (χ1n) is 6.48. The molecule has 0 N–H and O–H groups in total. The molecule has 0 radical (unpaired) electrons. The monoisotopic (exact) mass is 246 g/mol. The third-order valence-corrected chi connectivity index (χ3v) is 3.55. The van der Waals surface area contributed by atoms with E-state index in [1.807, 2.05) is 6.92 Å². The van der Waals surface area contributed by atoms with Crippen molar-refractivity contribution >= 4 is 18.6 Å². The van der Waals surface area contributed by atoms with Crippen molar-refractivity contribution in [3.05, 3.63) is 0 Å². The molecule has 0 rings (SSSR count). The van der Waals surface area contributed by atoms with E-state index in [9.17, 15) is 4.79 Å². The van der Waals surface area contributed by atoms with Gasteiger partial charge in [-0.2, -0.15) is 12.6 Å². The van der Waals surface area contributed by atoms with Gasteiger partial charge in [0.25, 0.3) is 0 Å². The van der Waals surface area contributed by atoms with Gasteiger partial charge < -0.3 is 4.74 Å². The van der Waals surface area contributed by atoms with Gasteiger partial charge in [0.1, 0.15) is 5.25 Å². The van der Waals surface area contributed by atoms with Gasteiger partial charge in [-0.05, 0) is 19.3 Å². The summed E-state index contributed by atoms with van der Waals surface area (Å²) < 4.78 is 4.95. The minimum Gasteiger partial charge on any atom is -0.465 e. The van der Waals surface area contributed by atoms with Crippen molar-refractivity contribution in [2.75, 3.05) is 6.61 Å². The average molecular weight is 246 g/mol. The van der Waals surface area contributed by atoms with E-state index >= 15 is 0 Å². The van der Waals surface area contributed by atoms with Gasteiger partial charge in [-0.1, -0.05) is 46.0 Å². The molecule has 0 spiro atoms. The number of thiol groups is 1. The first kappa shape index (κ1) is 15.8. The van der Waals surface area contributed by atoms with Crippen LogP contribution in [0.3, 0.4) is 0 Å². The highest BCUT2D eigenvalue weighted by Gasteiger charge is 2.21. The van der Waals surface area contributed by atoms with E-state index in [1.54, 1.807) is 0 Å². The second-order valence-corrected chi connectivity index (χ2v) is 4.93. The Hall–Kier alpha value is -0.180. The number of hydrogen-bond donors (Lipinski definition) is 1. The Morgan fingerprint density at radius 2 is 1.81 bits per heavy atom. The summed E-state index contributed by atoms with van der Waals surface area (Å²) in [4.78, 5) is 11.4. The summed E-state index contributed by atoms with van der Waals surface area (Å²) in [5, 5.41) is -0.258. The molecule has 2 atom stereocenters. The van der Waals surface area contributed by atoms with Crippen molar-refractivity contribution in [3.63, 3.8) is 0 Å². The SMILES string of the molecule is CCCCCCCC(C)C(S)C(=O)OCC. The fourth-order valence-corrected chi connectivity index (χ4v) is 1.91. The molecule has 0 saturated carbocycles. The maximum Gasteiger partial charge on any atom is 0.319 e. The minimum absolute atomic E-state index is 0.174. The number of rotatable bonds is 9. The molecule has 96 valence electrons. The lowest BCUT2D eigenvalue weighted by atomic mass is 9.99. The standard InChI is InChI=1S/C13H26O2S/c1-4-6-7-8-9-10-11(3)12(16)13(14)15-5-2/h11-12,16H,4-10H2,1-3H3. The number of ether oxygens (including phenoxy) is 1. The molecular formula is C13H26O2S. The van der Waals surface area contributed by atoms with E-state index in [4.69, 9.17) is 4.74 Å². The Bertz CT molecular complexity index is 183. The van der Waals surface area contributed by atoms with Crippen LogP contribution in [0, 0.1) is 5.92 Å². The van der Waals surface area contributed by atoms with E-state index in [-0.39, 0.29) is 11.2 Å². The summed E-state index contributed by atoms with van der Waals surface area (Å²) in [6.07, 6.45) is 7.42. The zero-order chi connectivity index (χ0) is 12.4. The first-order chi connectivity index (χ1) is 7.63. The highest BCUT2D eigenvalue weighted by Crippen LogP contribution is 2.19. The zero-order valence-electron chi connectivity index (χ0n) is 10.9. The second-order valence-electron chi connectivity index (χ2n) is 4.38. The summed E-state index contributed by atoms with van der Waals surface area (Å²) in [6.45, 7) is 6.56. The van der Waals surface area contributed by atoms with Crippen LogP contribution in [0.25, 0.3) is 0 Å². The smallest absolute Gasteiger partial charge is 0.319 e. The lowest BCUT2D eigenvalue weighted by molar-refractivity contribution is -0.143. The maximum atomic E-state index is 11.4. The highest BCUT2D eigenvalue weighted by atomic mass is 32.1. The van der Waals surface area contributed by atoms with E-state index in [1.165, 1.54) is 32.1 Å². The van der Waals surface area contributed by atoms with Gasteiger partial charge in [0.15, 0.2) is 0 Å². The summed E-state index contributed by atoms with van der Waals surface area (Å²) in [7, 11) is 0. The Labute approximate surface area is 106 Å². The number of hydrogen-bond acceptors (Lipinski definition) is 3. The molecule has 0 aliphatic heterocycles. The van der Waals surface area contributed by atoms with E-state index in [0.29, 0.717) is 12.5 Å². The van der Waals surface area contributed by atoms with Crippen molar-refractivity contribution in [1.82, 2.24) is 0 Å².